The quantitative estimate of drug-likeness (QED) is 0.314. The van der Waals surface area contributed by atoms with Gasteiger partial charge in [0.05, 0.1) is 18.2 Å². The maximum Gasteiger partial charge on any atom is 0.272 e. The van der Waals surface area contributed by atoms with Crippen molar-refractivity contribution >= 4 is 29.5 Å². The summed E-state index contributed by atoms with van der Waals surface area (Å²) in [6.45, 7) is 10.4. The molecule has 0 aliphatic carbocycles. The smallest absolute Gasteiger partial charge is 0.272 e. The summed E-state index contributed by atoms with van der Waals surface area (Å²) in [7, 11) is 1.74. The number of hydrogen-bond acceptors (Lipinski definition) is 8. The average molecular weight is 684 g/mol. The van der Waals surface area contributed by atoms with Crippen LogP contribution in [0, 0.1) is 5.92 Å². The molecule has 0 saturated heterocycles. The number of fused-ring (bicyclic) bond motifs is 2. The third-order valence-electron chi connectivity index (χ3n) is 8.13. The number of amides is 5. The minimum atomic E-state index is -1.23. The number of aromatic nitrogens is 2. The topological polar surface area (TPSA) is 184 Å². The Labute approximate surface area is 288 Å². The number of ether oxygens (including phenoxy) is 1. The second-order valence-electron chi connectivity index (χ2n) is 13.3. The predicted octanol–water partition coefficient (Wildman–Crippen LogP) is 1.42. The van der Waals surface area contributed by atoms with Gasteiger partial charge in [0.15, 0.2) is 6.61 Å². The Balaban J connectivity index is 1.79. The van der Waals surface area contributed by atoms with Crippen LogP contribution in [0.5, 0.6) is 5.75 Å². The van der Waals surface area contributed by atoms with Crippen molar-refractivity contribution in [3.05, 3.63) is 47.3 Å². The van der Waals surface area contributed by atoms with E-state index in [0.29, 0.717) is 62.3 Å². The van der Waals surface area contributed by atoms with Gasteiger partial charge in [0.1, 0.15) is 23.5 Å². The second-order valence-corrected chi connectivity index (χ2v) is 13.3. The molecule has 14 nitrogen and oxygen atoms in total. The number of rotatable bonds is 5. The Morgan fingerprint density at radius 2 is 1.65 bits per heavy atom. The normalized spacial score (nSPS) is 20.4. The van der Waals surface area contributed by atoms with E-state index in [1.54, 1.807) is 47.0 Å². The summed E-state index contributed by atoms with van der Waals surface area (Å²) >= 11 is 0. The van der Waals surface area contributed by atoms with Crippen molar-refractivity contribution in [2.24, 2.45) is 13.0 Å². The van der Waals surface area contributed by atoms with Crippen LogP contribution in [0.1, 0.15) is 88.0 Å². The lowest BCUT2D eigenvalue weighted by molar-refractivity contribution is -0.134. The van der Waals surface area contributed by atoms with Crippen LogP contribution in [0.3, 0.4) is 0 Å². The molecule has 0 spiro atoms. The van der Waals surface area contributed by atoms with E-state index in [4.69, 9.17) is 4.74 Å². The van der Waals surface area contributed by atoms with Crippen LogP contribution in [-0.4, -0.2) is 100 Å². The number of carbonyl (C=O) groups is 5. The lowest BCUT2D eigenvalue weighted by Gasteiger charge is -2.26. The Hall–Kier alpha value is -4.46. The zero-order valence-corrected chi connectivity index (χ0v) is 29.6. The second kappa shape index (κ2) is 18.9. The molecule has 2 heterocycles. The van der Waals surface area contributed by atoms with Gasteiger partial charge < -0.3 is 36.0 Å². The first-order valence-electron chi connectivity index (χ1n) is 17.1. The number of aliphatic hydroxyl groups is 1. The Morgan fingerprint density at radius 1 is 0.939 bits per heavy atom. The standard InChI is InChI=1S/C35H53N7O7/c1-22(2)17-28-33(46)39-32(24(5)43)34(47)37-13-7-8-15-42(35(48)29-20-27(23(3)4)40-41(29)6)16-10-14-36-31(45)21-49-26-12-9-11-25(18-26)19-30(44)38-28/h9,11-12,18,20,22-24,28,32,43H,7-8,10,13-17,19,21H2,1-6H3,(H,36,45)(H,37,47)(H,38,44)(H,39,46)/t24-,28-,32+/m1/s1. The molecular weight excluding hydrogens is 630 g/mol. The fourth-order valence-electron chi connectivity index (χ4n) is 5.43. The van der Waals surface area contributed by atoms with Crippen molar-refractivity contribution in [2.75, 3.05) is 32.8 Å². The van der Waals surface area contributed by atoms with Crippen molar-refractivity contribution in [3.63, 3.8) is 0 Å². The monoisotopic (exact) mass is 683 g/mol. The highest BCUT2D eigenvalue weighted by Gasteiger charge is 2.30. The number of carbonyl (C=O) groups excluding carboxylic acids is 5. The summed E-state index contributed by atoms with van der Waals surface area (Å²) in [5, 5.41) is 25.9. The van der Waals surface area contributed by atoms with Gasteiger partial charge in [-0.15, -0.1) is 0 Å². The molecule has 2 aromatic rings. The highest BCUT2D eigenvalue weighted by molar-refractivity contribution is 5.93. The molecule has 3 rings (SSSR count). The fourth-order valence-corrected chi connectivity index (χ4v) is 5.43. The van der Waals surface area contributed by atoms with Gasteiger partial charge >= 0.3 is 0 Å². The summed E-state index contributed by atoms with van der Waals surface area (Å²) in [6, 6.07) is 6.42. The molecular formula is C35H53N7O7. The lowest BCUT2D eigenvalue weighted by Crippen LogP contribution is -2.57. The zero-order chi connectivity index (χ0) is 36.1. The molecule has 1 aromatic heterocycles. The van der Waals surface area contributed by atoms with Crippen molar-refractivity contribution in [1.29, 1.82) is 0 Å². The van der Waals surface area contributed by atoms with E-state index in [-0.39, 0.29) is 43.2 Å². The third-order valence-corrected chi connectivity index (χ3v) is 8.13. The first-order valence-corrected chi connectivity index (χ1v) is 17.1. The molecule has 270 valence electrons. The minimum absolute atomic E-state index is 0.0432. The van der Waals surface area contributed by atoms with Gasteiger partial charge in [0.2, 0.25) is 17.7 Å². The third kappa shape index (κ3) is 12.5. The summed E-state index contributed by atoms with van der Waals surface area (Å²) in [5.74, 6) is -1.42. The molecule has 14 heteroatoms. The summed E-state index contributed by atoms with van der Waals surface area (Å²) in [5.41, 5.74) is 1.90. The molecule has 0 unspecified atom stereocenters. The van der Waals surface area contributed by atoms with Crippen molar-refractivity contribution in [3.8, 4) is 5.75 Å². The highest BCUT2D eigenvalue weighted by atomic mass is 16.5. The Bertz CT molecular complexity index is 1440. The van der Waals surface area contributed by atoms with Crippen LogP contribution in [0.4, 0.5) is 0 Å². The van der Waals surface area contributed by atoms with E-state index in [9.17, 15) is 29.1 Å². The van der Waals surface area contributed by atoms with Crippen LogP contribution in [0.15, 0.2) is 30.3 Å². The number of aryl methyl sites for hydroxylation is 1. The maximum atomic E-state index is 13.6. The number of benzene rings is 1. The van der Waals surface area contributed by atoms with Crippen LogP contribution in [0.25, 0.3) is 0 Å². The Morgan fingerprint density at radius 3 is 2.33 bits per heavy atom. The number of hydrogen-bond donors (Lipinski definition) is 5. The van der Waals surface area contributed by atoms with E-state index < -0.39 is 35.9 Å². The summed E-state index contributed by atoms with van der Waals surface area (Å²) in [6.07, 6.45) is 0.674. The van der Waals surface area contributed by atoms with E-state index >= 15 is 0 Å². The number of aliphatic hydroxyl groups excluding tert-OH is 1. The number of nitrogens with zero attached hydrogens (tertiary/aromatic N) is 3. The van der Waals surface area contributed by atoms with Gasteiger partial charge in [-0.3, -0.25) is 28.7 Å². The maximum absolute atomic E-state index is 13.6. The highest BCUT2D eigenvalue weighted by Crippen LogP contribution is 2.17. The van der Waals surface area contributed by atoms with Crippen LogP contribution in [0.2, 0.25) is 0 Å². The van der Waals surface area contributed by atoms with Crippen LogP contribution < -0.4 is 26.0 Å². The van der Waals surface area contributed by atoms with Crippen LogP contribution in [-0.2, 0) is 32.6 Å². The van der Waals surface area contributed by atoms with Gasteiger partial charge in [-0.05, 0) is 68.2 Å². The predicted molar refractivity (Wildman–Crippen MR) is 184 cm³/mol. The molecule has 1 aliphatic rings. The molecule has 1 aliphatic heterocycles. The van der Waals surface area contributed by atoms with Gasteiger partial charge in [-0.25, -0.2) is 0 Å². The average Bonchev–Trinajstić information content (AvgIpc) is 3.43. The Kier molecular flexibility index (Phi) is 15.0. The molecule has 5 amide bonds. The molecule has 49 heavy (non-hydrogen) atoms. The van der Waals surface area contributed by atoms with Crippen LogP contribution >= 0.6 is 0 Å². The molecule has 3 atom stereocenters. The van der Waals surface area contributed by atoms with E-state index in [1.807, 2.05) is 27.7 Å². The van der Waals surface area contributed by atoms with E-state index in [1.165, 1.54) is 6.92 Å². The van der Waals surface area contributed by atoms with Gasteiger partial charge in [-0.2, -0.15) is 5.10 Å². The number of nitrogens with one attached hydrogen (secondary N) is 4. The molecule has 0 fully saturated rings. The van der Waals surface area contributed by atoms with Crippen molar-refractivity contribution in [2.45, 2.75) is 90.8 Å². The van der Waals surface area contributed by atoms with E-state index in [2.05, 4.69) is 26.4 Å². The summed E-state index contributed by atoms with van der Waals surface area (Å²) in [4.78, 5) is 67.3. The molecule has 0 radical (unpaired) electrons. The van der Waals surface area contributed by atoms with Gasteiger partial charge in [0, 0.05) is 33.2 Å². The SMILES string of the molecule is CC(C)C[C@H]1NC(=O)Cc2cccc(c2)OCC(=O)NCCCN(C(=O)c2cc(C(C)C)nn2C)CCCCNC(=O)[C@H]([C@@H](C)O)NC1=O. The molecule has 2 bridgehead atoms. The fraction of sp³-hybridized carbons (Fsp3) is 0.600. The largest absolute Gasteiger partial charge is 0.484 e. The van der Waals surface area contributed by atoms with Crippen molar-refractivity contribution < 1.29 is 33.8 Å². The zero-order valence-electron chi connectivity index (χ0n) is 29.6. The van der Waals surface area contributed by atoms with Gasteiger partial charge in [0.25, 0.3) is 11.8 Å². The first kappa shape index (κ1) is 39.0. The van der Waals surface area contributed by atoms with E-state index in [0.717, 1.165) is 5.69 Å². The minimum Gasteiger partial charge on any atom is -0.484 e. The molecule has 1 aromatic carbocycles. The first-order chi connectivity index (χ1) is 23.2. The van der Waals surface area contributed by atoms with Crippen molar-refractivity contribution in [1.82, 2.24) is 35.9 Å². The lowest BCUT2D eigenvalue weighted by atomic mass is 10.0. The molecule has 5 N–H and O–H groups in total. The summed E-state index contributed by atoms with van der Waals surface area (Å²) < 4.78 is 7.26. The van der Waals surface area contributed by atoms with Gasteiger partial charge in [-0.1, -0.05) is 39.8 Å². The molecule has 0 saturated carbocycles.